The Kier molecular flexibility index (Phi) is 4.41. The Labute approximate surface area is 116 Å². The van der Waals surface area contributed by atoms with Gasteiger partial charge in [-0.3, -0.25) is 5.41 Å². The number of nitrogens with two attached hydrogens (primary N) is 1. The van der Waals surface area contributed by atoms with Gasteiger partial charge < -0.3 is 15.0 Å². The molecule has 0 spiro atoms. The Hall–Kier alpha value is -2.01. The normalized spacial score (nSPS) is 10.4. The molecule has 0 atom stereocenters. The predicted octanol–water partition coefficient (Wildman–Crippen LogP) is 2.29. The predicted molar refractivity (Wildman–Crippen MR) is 74.8 cm³/mol. The molecule has 0 unspecified atom stereocenters. The zero-order chi connectivity index (χ0) is 13.7. The van der Waals surface area contributed by atoms with Crippen molar-refractivity contribution in [2.24, 2.45) is 5.73 Å². The number of nitrogens with one attached hydrogen (secondary N) is 1. The van der Waals surface area contributed by atoms with Gasteiger partial charge in [0.05, 0.1) is 18.0 Å². The molecule has 1 aromatic carbocycles. The molecule has 0 bridgehead atoms. The SMILES string of the molecule is N=C(N)c1ccc(OCCCn2ccnc2)c(Cl)c1. The van der Waals surface area contributed by atoms with E-state index in [0.717, 1.165) is 13.0 Å². The molecule has 0 aliphatic heterocycles. The van der Waals surface area contributed by atoms with Crippen molar-refractivity contribution >= 4 is 17.4 Å². The molecule has 0 saturated heterocycles. The van der Waals surface area contributed by atoms with Gasteiger partial charge in [-0.25, -0.2) is 4.98 Å². The number of benzene rings is 1. The number of imidazole rings is 1. The van der Waals surface area contributed by atoms with Crippen LogP contribution in [0.25, 0.3) is 0 Å². The van der Waals surface area contributed by atoms with Crippen molar-refractivity contribution in [1.29, 1.82) is 5.41 Å². The van der Waals surface area contributed by atoms with Gasteiger partial charge in [0.15, 0.2) is 0 Å². The number of amidine groups is 1. The van der Waals surface area contributed by atoms with Crippen LogP contribution in [0.1, 0.15) is 12.0 Å². The zero-order valence-electron chi connectivity index (χ0n) is 10.3. The highest BCUT2D eigenvalue weighted by atomic mass is 35.5. The molecule has 0 radical (unpaired) electrons. The van der Waals surface area contributed by atoms with Crippen molar-refractivity contribution in [3.8, 4) is 5.75 Å². The molecular weight excluding hydrogens is 264 g/mol. The van der Waals surface area contributed by atoms with Gasteiger partial charge in [-0.15, -0.1) is 0 Å². The molecule has 1 heterocycles. The lowest BCUT2D eigenvalue weighted by molar-refractivity contribution is 0.302. The first kappa shape index (κ1) is 13.4. The monoisotopic (exact) mass is 278 g/mol. The first-order valence-corrected chi connectivity index (χ1v) is 6.27. The van der Waals surface area contributed by atoms with Crippen LogP contribution in [-0.2, 0) is 6.54 Å². The third-order valence-corrected chi connectivity index (χ3v) is 2.92. The summed E-state index contributed by atoms with van der Waals surface area (Å²) < 4.78 is 7.58. The fraction of sp³-hybridized carbons (Fsp3) is 0.231. The zero-order valence-corrected chi connectivity index (χ0v) is 11.1. The van der Waals surface area contributed by atoms with Crippen molar-refractivity contribution in [1.82, 2.24) is 9.55 Å². The van der Waals surface area contributed by atoms with E-state index in [0.29, 0.717) is 22.9 Å². The molecule has 2 rings (SSSR count). The van der Waals surface area contributed by atoms with E-state index in [-0.39, 0.29) is 5.84 Å². The minimum absolute atomic E-state index is 0.00597. The number of halogens is 1. The minimum Gasteiger partial charge on any atom is -0.492 e. The highest BCUT2D eigenvalue weighted by molar-refractivity contribution is 6.32. The Morgan fingerprint density at radius 1 is 1.47 bits per heavy atom. The quantitative estimate of drug-likeness (QED) is 0.483. The van der Waals surface area contributed by atoms with E-state index < -0.39 is 0 Å². The second-order valence-corrected chi connectivity index (χ2v) is 4.47. The van der Waals surface area contributed by atoms with Crippen molar-refractivity contribution in [2.75, 3.05) is 6.61 Å². The maximum Gasteiger partial charge on any atom is 0.137 e. The lowest BCUT2D eigenvalue weighted by Crippen LogP contribution is -2.11. The number of nitrogen functional groups attached to an aromatic ring is 1. The second-order valence-electron chi connectivity index (χ2n) is 4.06. The van der Waals surface area contributed by atoms with Gasteiger partial charge in [0.25, 0.3) is 0 Å². The van der Waals surface area contributed by atoms with Crippen molar-refractivity contribution < 1.29 is 4.74 Å². The third-order valence-electron chi connectivity index (χ3n) is 2.62. The van der Waals surface area contributed by atoms with Crippen molar-refractivity contribution in [3.05, 3.63) is 47.5 Å². The molecule has 6 heteroatoms. The smallest absolute Gasteiger partial charge is 0.137 e. The molecule has 19 heavy (non-hydrogen) atoms. The largest absolute Gasteiger partial charge is 0.492 e. The number of aromatic nitrogens is 2. The van der Waals surface area contributed by atoms with E-state index in [2.05, 4.69) is 4.98 Å². The Balaban J connectivity index is 1.84. The molecule has 1 aromatic heterocycles. The summed E-state index contributed by atoms with van der Waals surface area (Å²) in [5.74, 6) is 0.603. The minimum atomic E-state index is -0.00597. The van der Waals surface area contributed by atoms with E-state index in [4.69, 9.17) is 27.5 Å². The molecule has 0 amide bonds. The van der Waals surface area contributed by atoms with Gasteiger partial charge >= 0.3 is 0 Å². The van der Waals surface area contributed by atoms with E-state index in [9.17, 15) is 0 Å². The standard InChI is InChI=1S/C13H15ClN4O/c14-11-8-10(13(15)16)2-3-12(11)19-7-1-5-18-6-4-17-9-18/h2-4,6,8-9H,1,5,7H2,(H3,15,16). The summed E-state index contributed by atoms with van der Waals surface area (Å²) in [5.41, 5.74) is 5.98. The van der Waals surface area contributed by atoms with Crippen LogP contribution in [0.3, 0.4) is 0 Å². The summed E-state index contributed by atoms with van der Waals surface area (Å²) >= 11 is 6.06. The summed E-state index contributed by atoms with van der Waals surface area (Å²) in [6.45, 7) is 1.42. The van der Waals surface area contributed by atoms with Gasteiger partial charge in [0, 0.05) is 24.5 Å². The van der Waals surface area contributed by atoms with Gasteiger partial charge in [0.2, 0.25) is 0 Å². The van der Waals surface area contributed by atoms with Gasteiger partial charge in [-0.1, -0.05) is 11.6 Å². The summed E-state index contributed by atoms with van der Waals surface area (Å²) in [7, 11) is 0. The first-order chi connectivity index (χ1) is 9.16. The van der Waals surface area contributed by atoms with Crippen molar-refractivity contribution in [3.63, 3.8) is 0 Å². The number of hydrogen-bond donors (Lipinski definition) is 2. The highest BCUT2D eigenvalue weighted by Gasteiger charge is 2.04. The average molecular weight is 279 g/mol. The Bertz CT molecular complexity index is 554. The van der Waals surface area contributed by atoms with Crippen LogP contribution in [0.2, 0.25) is 5.02 Å². The van der Waals surface area contributed by atoms with Crippen LogP contribution < -0.4 is 10.5 Å². The lowest BCUT2D eigenvalue weighted by Gasteiger charge is -2.09. The molecule has 0 aliphatic rings. The summed E-state index contributed by atoms with van der Waals surface area (Å²) in [6, 6.07) is 5.09. The van der Waals surface area contributed by atoms with Gasteiger partial charge in [-0.2, -0.15) is 0 Å². The van der Waals surface area contributed by atoms with Crippen LogP contribution in [0.15, 0.2) is 36.9 Å². The van der Waals surface area contributed by atoms with Crippen LogP contribution in [0.5, 0.6) is 5.75 Å². The van der Waals surface area contributed by atoms with E-state index >= 15 is 0 Å². The second kappa shape index (κ2) is 6.24. The molecular formula is C13H15ClN4O. The molecule has 0 aliphatic carbocycles. The van der Waals surface area contributed by atoms with Gasteiger partial charge in [0.1, 0.15) is 11.6 Å². The topological polar surface area (TPSA) is 76.9 Å². The average Bonchev–Trinajstić information content (AvgIpc) is 2.89. The van der Waals surface area contributed by atoms with E-state index in [1.807, 2.05) is 10.8 Å². The van der Waals surface area contributed by atoms with E-state index in [1.54, 1.807) is 30.7 Å². The number of nitrogens with zero attached hydrogens (tertiary/aromatic N) is 2. The summed E-state index contributed by atoms with van der Waals surface area (Å²) in [4.78, 5) is 3.97. The maximum absolute atomic E-state index is 7.32. The first-order valence-electron chi connectivity index (χ1n) is 5.89. The van der Waals surface area contributed by atoms with Crippen LogP contribution >= 0.6 is 11.6 Å². The molecule has 0 saturated carbocycles. The molecule has 5 nitrogen and oxygen atoms in total. The number of ether oxygens (including phenoxy) is 1. The number of rotatable bonds is 6. The fourth-order valence-corrected chi connectivity index (χ4v) is 1.87. The van der Waals surface area contributed by atoms with Crippen LogP contribution in [0.4, 0.5) is 0 Å². The highest BCUT2D eigenvalue weighted by Crippen LogP contribution is 2.25. The third kappa shape index (κ3) is 3.72. The lowest BCUT2D eigenvalue weighted by atomic mass is 10.2. The summed E-state index contributed by atoms with van der Waals surface area (Å²) in [5, 5.41) is 7.79. The molecule has 3 N–H and O–H groups in total. The number of aryl methyl sites for hydroxylation is 1. The Morgan fingerprint density at radius 3 is 2.95 bits per heavy atom. The number of hydrogen-bond acceptors (Lipinski definition) is 3. The molecule has 2 aromatic rings. The van der Waals surface area contributed by atoms with Gasteiger partial charge in [-0.05, 0) is 24.6 Å². The van der Waals surface area contributed by atoms with Crippen molar-refractivity contribution in [2.45, 2.75) is 13.0 Å². The maximum atomic E-state index is 7.32. The van der Waals surface area contributed by atoms with Crippen LogP contribution in [-0.4, -0.2) is 22.0 Å². The summed E-state index contributed by atoms with van der Waals surface area (Å²) in [6.07, 6.45) is 6.29. The fourth-order valence-electron chi connectivity index (χ4n) is 1.63. The van der Waals surface area contributed by atoms with E-state index in [1.165, 1.54) is 0 Å². The molecule has 0 fully saturated rings. The molecule has 100 valence electrons. The van der Waals surface area contributed by atoms with Crippen LogP contribution in [0, 0.1) is 5.41 Å². The Morgan fingerprint density at radius 2 is 2.32 bits per heavy atom.